The highest BCUT2D eigenvalue weighted by Gasteiger charge is 2.19. The Labute approximate surface area is 103 Å². The number of ether oxygens (including phenoxy) is 1. The Balaban J connectivity index is 2.08. The van der Waals surface area contributed by atoms with Crippen LogP contribution in [0, 0.1) is 0 Å². The van der Waals surface area contributed by atoms with Crippen LogP contribution in [0.3, 0.4) is 0 Å². The lowest BCUT2D eigenvalue weighted by molar-refractivity contribution is 0.0936. The summed E-state index contributed by atoms with van der Waals surface area (Å²) < 4.78 is 4.83. The lowest BCUT2D eigenvalue weighted by atomic mass is 10.2. The first-order valence-electron chi connectivity index (χ1n) is 5.36. The van der Waals surface area contributed by atoms with E-state index in [2.05, 4.69) is 10.3 Å². The molecular weight excluding hydrogens is 240 g/mol. The van der Waals surface area contributed by atoms with E-state index < -0.39 is 0 Å². The predicted octanol–water partition coefficient (Wildman–Crippen LogP) is 0.619. The molecule has 0 bridgehead atoms. The Kier molecular flexibility index (Phi) is 3.73. The molecule has 1 aromatic heterocycles. The van der Waals surface area contributed by atoms with Crippen LogP contribution in [-0.4, -0.2) is 35.5 Å². The molecule has 2 rings (SSSR count). The molecule has 2 N–H and O–H groups in total. The summed E-state index contributed by atoms with van der Waals surface area (Å²) in [6.07, 6.45) is 2.39. The number of carbonyl (C=O) groups excluding carboxylic acids is 1. The van der Waals surface area contributed by atoms with Gasteiger partial charge in [-0.2, -0.15) is 11.8 Å². The van der Waals surface area contributed by atoms with Crippen molar-refractivity contribution in [3.8, 4) is 5.75 Å². The molecule has 0 saturated carbocycles. The number of thioether (sulfide) groups is 1. The van der Waals surface area contributed by atoms with E-state index in [-0.39, 0.29) is 28.8 Å². The highest BCUT2D eigenvalue weighted by Crippen LogP contribution is 2.17. The monoisotopic (exact) mass is 254 g/mol. The van der Waals surface area contributed by atoms with Gasteiger partial charge in [0.05, 0.1) is 7.11 Å². The quantitative estimate of drug-likeness (QED) is 0.829. The molecule has 1 aliphatic heterocycles. The molecule has 1 aliphatic rings. The average molecular weight is 254 g/mol. The minimum atomic E-state index is -0.294. The fraction of sp³-hybridized carbons (Fsp3) is 0.455. The molecule has 1 saturated heterocycles. The molecule has 0 unspecified atom stereocenters. The maximum absolute atomic E-state index is 11.8. The van der Waals surface area contributed by atoms with Gasteiger partial charge in [0.15, 0.2) is 5.75 Å². The Morgan fingerprint density at radius 2 is 2.47 bits per heavy atom. The van der Waals surface area contributed by atoms with E-state index in [1.54, 1.807) is 0 Å². The van der Waals surface area contributed by atoms with E-state index in [0.29, 0.717) is 0 Å². The van der Waals surface area contributed by atoms with Crippen molar-refractivity contribution < 1.29 is 9.53 Å². The van der Waals surface area contributed by atoms with Crippen LogP contribution in [0.4, 0.5) is 0 Å². The van der Waals surface area contributed by atoms with Gasteiger partial charge >= 0.3 is 0 Å². The van der Waals surface area contributed by atoms with Gasteiger partial charge in [0, 0.05) is 24.1 Å². The molecule has 0 aliphatic carbocycles. The van der Waals surface area contributed by atoms with Crippen LogP contribution in [0.1, 0.15) is 16.9 Å². The third-order valence-electron chi connectivity index (χ3n) is 2.61. The minimum Gasteiger partial charge on any atom is -0.491 e. The number of methoxy groups -OCH3 is 1. The lowest BCUT2D eigenvalue weighted by Crippen LogP contribution is -2.35. The standard InChI is InChI=1S/C11H14N2O3S/c1-16-10-5-12-8(4-9(10)14)11(15)13-7-2-3-17-6-7/h4-5,7H,2-3,6H2,1H3,(H,12,14)(H,13,15)/t7-/m0/s1. The van der Waals surface area contributed by atoms with Gasteiger partial charge in [0.2, 0.25) is 5.43 Å². The largest absolute Gasteiger partial charge is 0.491 e. The van der Waals surface area contributed by atoms with Crippen molar-refractivity contribution in [2.24, 2.45) is 0 Å². The van der Waals surface area contributed by atoms with Crippen molar-refractivity contribution in [2.45, 2.75) is 12.5 Å². The number of rotatable bonds is 3. The molecule has 1 atom stereocenters. The molecule has 0 radical (unpaired) electrons. The topological polar surface area (TPSA) is 71.2 Å². The van der Waals surface area contributed by atoms with Gasteiger partial charge in [-0.25, -0.2) is 0 Å². The van der Waals surface area contributed by atoms with Crippen LogP contribution in [0.5, 0.6) is 5.75 Å². The van der Waals surface area contributed by atoms with Gasteiger partial charge in [-0.1, -0.05) is 0 Å². The number of hydrogen-bond donors (Lipinski definition) is 2. The first kappa shape index (κ1) is 12.0. The number of amides is 1. The lowest BCUT2D eigenvalue weighted by Gasteiger charge is -2.11. The molecule has 0 spiro atoms. The molecule has 5 nitrogen and oxygen atoms in total. The molecule has 2 heterocycles. The normalized spacial score (nSPS) is 19.0. The van der Waals surface area contributed by atoms with Crippen molar-refractivity contribution in [3.63, 3.8) is 0 Å². The Hall–Kier alpha value is -1.43. The SMILES string of the molecule is COc1c[nH]c(C(=O)N[C@H]2CCSC2)cc1=O. The van der Waals surface area contributed by atoms with Gasteiger partial charge in [0.25, 0.3) is 5.91 Å². The summed E-state index contributed by atoms with van der Waals surface area (Å²) in [5, 5.41) is 2.89. The number of pyridine rings is 1. The smallest absolute Gasteiger partial charge is 0.268 e. The van der Waals surface area contributed by atoms with Gasteiger partial charge in [-0.05, 0) is 12.2 Å². The van der Waals surface area contributed by atoms with Crippen molar-refractivity contribution in [2.75, 3.05) is 18.6 Å². The highest BCUT2D eigenvalue weighted by molar-refractivity contribution is 7.99. The molecule has 92 valence electrons. The third-order valence-corrected chi connectivity index (χ3v) is 3.77. The van der Waals surface area contributed by atoms with Gasteiger partial charge < -0.3 is 15.0 Å². The summed E-state index contributed by atoms with van der Waals surface area (Å²) in [5.41, 5.74) is -0.0232. The zero-order valence-electron chi connectivity index (χ0n) is 9.49. The van der Waals surface area contributed by atoms with E-state index >= 15 is 0 Å². The second-order valence-corrected chi connectivity index (χ2v) is 4.96. The molecule has 6 heteroatoms. The van der Waals surface area contributed by atoms with Crippen LogP contribution in [0.25, 0.3) is 0 Å². The summed E-state index contributed by atoms with van der Waals surface area (Å²) in [5.74, 6) is 1.98. The maximum atomic E-state index is 11.8. The first-order chi connectivity index (χ1) is 8.20. The van der Waals surface area contributed by atoms with Crippen LogP contribution < -0.4 is 15.5 Å². The third kappa shape index (κ3) is 2.82. The predicted molar refractivity (Wildman–Crippen MR) is 66.8 cm³/mol. The van der Waals surface area contributed by atoms with Gasteiger partial charge in [0.1, 0.15) is 5.69 Å². The Bertz CT molecular complexity index is 466. The summed E-state index contributed by atoms with van der Waals surface area (Å²) >= 11 is 1.82. The molecule has 1 fully saturated rings. The summed E-state index contributed by atoms with van der Waals surface area (Å²) in [4.78, 5) is 26.1. The van der Waals surface area contributed by atoms with E-state index in [0.717, 1.165) is 17.9 Å². The number of aromatic amines is 1. The van der Waals surface area contributed by atoms with E-state index in [9.17, 15) is 9.59 Å². The van der Waals surface area contributed by atoms with Crippen molar-refractivity contribution >= 4 is 17.7 Å². The van der Waals surface area contributed by atoms with Crippen molar-refractivity contribution in [3.05, 3.63) is 28.2 Å². The molecule has 1 aromatic rings. The van der Waals surface area contributed by atoms with E-state index in [1.165, 1.54) is 19.4 Å². The van der Waals surface area contributed by atoms with Crippen LogP contribution in [0.2, 0.25) is 0 Å². The molecular formula is C11H14N2O3S. The van der Waals surface area contributed by atoms with Crippen LogP contribution in [0.15, 0.2) is 17.1 Å². The second kappa shape index (κ2) is 5.27. The summed E-state index contributed by atoms with van der Waals surface area (Å²) in [6, 6.07) is 1.47. The van der Waals surface area contributed by atoms with Crippen molar-refractivity contribution in [1.29, 1.82) is 0 Å². The second-order valence-electron chi connectivity index (χ2n) is 3.81. The average Bonchev–Trinajstić information content (AvgIpc) is 2.81. The summed E-state index contributed by atoms with van der Waals surface area (Å²) in [6.45, 7) is 0. The van der Waals surface area contributed by atoms with Crippen molar-refractivity contribution in [1.82, 2.24) is 10.3 Å². The Morgan fingerprint density at radius 1 is 1.65 bits per heavy atom. The minimum absolute atomic E-state index is 0.206. The number of aromatic nitrogens is 1. The fourth-order valence-electron chi connectivity index (χ4n) is 1.66. The van der Waals surface area contributed by atoms with Gasteiger partial charge in [-0.3, -0.25) is 9.59 Å². The number of hydrogen-bond acceptors (Lipinski definition) is 4. The van der Waals surface area contributed by atoms with Gasteiger partial charge in [-0.15, -0.1) is 0 Å². The molecule has 17 heavy (non-hydrogen) atoms. The molecule has 1 amide bonds. The van der Waals surface area contributed by atoms with E-state index in [4.69, 9.17) is 4.74 Å². The van der Waals surface area contributed by atoms with Crippen LogP contribution >= 0.6 is 11.8 Å². The number of H-pyrrole nitrogens is 1. The maximum Gasteiger partial charge on any atom is 0.268 e. The first-order valence-corrected chi connectivity index (χ1v) is 6.51. The number of carbonyl (C=O) groups is 1. The molecule has 0 aromatic carbocycles. The Morgan fingerprint density at radius 3 is 3.06 bits per heavy atom. The zero-order chi connectivity index (χ0) is 12.3. The highest BCUT2D eigenvalue weighted by atomic mass is 32.2. The van der Waals surface area contributed by atoms with Crippen LogP contribution in [-0.2, 0) is 0 Å². The van der Waals surface area contributed by atoms with E-state index in [1.807, 2.05) is 11.8 Å². The zero-order valence-corrected chi connectivity index (χ0v) is 10.3. The fourth-order valence-corrected chi connectivity index (χ4v) is 2.81. The number of nitrogens with one attached hydrogen (secondary N) is 2. The summed E-state index contributed by atoms with van der Waals surface area (Å²) in [7, 11) is 1.42.